The summed E-state index contributed by atoms with van der Waals surface area (Å²) in [6.45, 7) is 5.90. The minimum atomic E-state index is -0.589. The van der Waals surface area contributed by atoms with Gasteiger partial charge in [0.25, 0.3) is 5.91 Å². The van der Waals surface area contributed by atoms with E-state index in [9.17, 15) is 9.59 Å². The maximum absolute atomic E-state index is 11.9. The summed E-state index contributed by atoms with van der Waals surface area (Å²) in [4.78, 5) is 23.2. The van der Waals surface area contributed by atoms with Crippen molar-refractivity contribution in [1.29, 1.82) is 0 Å². The summed E-state index contributed by atoms with van der Waals surface area (Å²) in [6, 6.07) is 4.74. The van der Waals surface area contributed by atoms with Crippen LogP contribution in [0.15, 0.2) is 18.2 Å². The van der Waals surface area contributed by atoms with Crippen LogP contribution in [0.2, 0.25) is 0 Å². The maximum atomic E-state index is 11.9. The average Bonchev–Trinajstić information content (AvgIpc) is 2.25. The number of amides is 2. The summed E-state index contributed by atoms with van der Waals surface area (Å²) >= 11 is 0. The van der Waals surface area contributed by atoms with Crippen molar-refractivity contribution in [3.63, 3.8) is 0 Å². The van der Waals surface area contributed by atoms with Crippen molar-refractivity contribution in [2.45, 2.75) is 27.2 Å². The van der Waals surface area contributed by atoms with Crippen LogP contribution in [-0.2, 0) is 4.79 Å². The highest BCUT2D eigenvalue weighted by Crippen LogP contribution is 2.24. The predicted octanol–water partition coefficient (Wildman–Crippen LogP) is 2.17. The van der Waals surface area contributed by atoms with E-state index in [1.165, 1.54) is 13.2 Å². The molecule has 1 rings (SSSR count). The quantitative estimate of drug-likeness (QED) is 0.874. The minimum Gasteiger partial charge on any atom is -0.497 e. The molecule has 104 valence electrons. The Morgan fingerprint density at radius 3 is 2.42 bits per heavy atom. The first kappa shape index (κ1) is 15.0. The molecule has 0 spiro atoms. The topological polar surface area (TPSA) is 81.4 Å². The van der Waals surface area contributed by atoms with E-state index in [4.69, 9.17) is 10.5 Å². The molecular formula is C14H20N2O3. The second-order valence-corrected chi connectivity index (χ2v) is 5.56. The monoisotopic (exact) mass is 264 g/mol. The standard InChI is InChI=1S/C14H20N2O3/c1-14(2,3)8-12(17)16-11-7-9(19-4)5-6-10(11)13(15)18/h5-7H,8H2,1-4H3,(H2,15,18)(H,16,17). The zero-order chi connectivity index (χ0) is 14.6. The summed E-state index contributed by atoms with van der Waals surface area (Å²) in [5, 5.41) is 2.70. The van der Waals surface area contributed by atoms with Gasteiger partial charge in [0.15, 0.2) is 0 Å². The van der Waals surface area contributed by atoms with Crippen LogP contribution in [0.3, 0.4) is 0 Å². The fourth-order valence-electron chi connectivity index (χ4n) is 1.64. The zero-order valence-corrected chi connectivity index (χ0v) is 11.7. The first-order chi connectivity index (χ1) is 8.73. The number of nitrogens with two attached hydrogens (primary N) is 1. The second-order valence-electron chi connectivity index (χ2n) is 5.56. The van der Waals surface area contributed by atoms with Gasteiger partial charge in [0.05, 0.1) is 18.4 Å². The van der Waals surface area contributed by atoms with Crippen LogP contribution in [0.4, 0.5) is 5.69 Å². The Balaban J connectivity index is 2.98. The third-order valence-electron chi connectivity index (χ3n) is 2.46. The molecule has 0 atom stereocenters. The van der Waals surface area contributed by atoms with Gasteiger partial charge < -0.3 is 15.8 Å². The fraction of sp³-hybridized carbons (Fsp3) is 0.429. The van der Waals surface area contributed by atoms with E-state index in [2.05, 4.69) is 5.32 Å². The number of ether oxygens (including phenoxy) is 1. The van der Waals surface area contributed by atoms with Gasteiger partial charge in [-0.15, -0.1) is 0 Å². The fourth-order valence-corrected chi connectivity index (χ4v) is 1.64. The SMILES string of the molecule is COc1ccc(C(N)=O)c(NC(=O)CC(C)(C)C)c1. The lowest BCUT2D eigenvalue weighted by Crippen LogP contribution is -2.22. The molecule has 0 aliphatic carbocycles. The Labute approximate surface area is 113 Å². The number of methoxy groups -OCH3 is 1. The van der Waals surface area contributed by atoms with Gasteiger partial charge in [-0.1, -0.05) is 20.8 Å². The second kappa shape index (κ2) is 5.73. The number of primary amides is 1. The Hall–Kier alpha value is -2.04. The summed E-state index contributed by atoms with van der Waals surface area (Å²) in [5.74, 6) is -0.201. The molecule has 2 amide bonds. The highest BCUT2D eigenvalue weighted by Gasteiger charge is 2.18. The van der Waals surface area contributed by atoms with Gasteiger partial charge in [-0.2, -0.15) is 0 Å². The van der Waals surface area contributed by atoms with Crippen molar-refractivity contribution < 1.29 is 14.3 Å². The number of hydrogen-bond acceptors (Lipinski definition) is 3. The zero-order valence-electron chi connectivity index (χ0n) is 11.7. The lowest BCUT2D eigenvalue weighted by molar-refractivity contribution is -0.117. The van der Waals surface area contributed by atoms with Gasteiger partial charge in [-0.25, -0.2) is 0 Å². The van der Waals surface area contributed by atoms with E-state index in [0.29, 0.717) is 17.9 Å². The van der Waals surface area contributed by atoms with E-state index in [-0.39, 0.29) is 16.9 Å². The molecule has 0 aliphatic heterocycles. The molecule has 3 N–H and O–H groups in total. The number of nitrogens with one attached hydrogen (secondary N) is 1. The number of anilines is 1. The Morgan fingerprint density at radius 2 is 1.95 bits per heavy atom. The molecule has 5 heteroatoms. The van der Waals surface area contributed by atoms with Gasteiger partial charge >= 0.3 is 0 Å². The van der Waals surface area contributed by atoms with Crippen molar-refractivity contribution >= 4 is 17.5 Å². The number of carbonyl (C=O) groups excluding carboxylic acids is 2. The summed E-state index contributed by atoms with van der Waals surface area (Å²) in [5.41, 5.74) is 5.79. The van der Waals surface area contributed by atoms with Crippen LogP contribution >= 0.6 is 0 Å². The van der Waals surface area contributed by atoms with Gasteiger partial charge in [0, 0.05) is 12.5 Å². The van der Waals surface area contributed by atoms with Gasteiger partial charge in [-0.3, -0.25) is 9.59 Å². The van der Waals surface area contributed by atoms with Crippen LogP contribution in [0.1, 0.15) is 37.6 Å². The molecule has 19 heavy (non-hydrogen) atoms. The first-order valence-corrected chi connectivity index (χ1v) is 6.00. The highest BCUT2D eigenvalue weighted by atomic mass is 16.5. The third kappa shape index (κ3) is 4.62. The van der Waals surface area contributed by atoms with Crippen LogP contribution in [0, 0.1) is 5.41 Å². The molecule has 0 saturated carbocycles. The lowest BCUT2D eigenvalue weighted by Gasteiger charge is -2.18. The minimum absolute atomic E-state index is 0.129. The first-order valence-electron chi connectivity index (χ1n) is 6.00. The van der Waals surface area contributed by atoms with Crippen molar-refractivity contribution in [3.8, 4) is 5.75 Å². The number of carbonyl (C=O) groups is 2. The van der Waals surface area contributed by atoms with Gasteiger partial charge in [-0.05, 0) is 17.5 Å². The largest absolute Gasteiger partial charge is 0.497 e. The van der Waals surface area contributed by atoms with E-state index in [1.54, 1.807) is 12.1 Å². The normalized spacial score (nSPS) is 10.9. The molecule has 0 unspecified atom stereocenters. The van der Waals surface area contributed by atoms with E-state index in [0.717, 1.165) is 0 Å². The molecule has 0 bridgehead atoms. The molecule has 0 aliphatic rings. The molecule has 0 aromatic heterocycles. The van der Waals surface area contributed by atoms with E-state index >= 15 is 0 Å². The molecule has 1 aromatic carbocycles. The van der Waals surface area contributed by atoms with Crippen LogP contribution in [-0.4, -0.2) is 18.9 Å². The van der Waals surface area contributed by atoms with E-state index in [1.807, 2.05) is 20.8 Å². The molecule has 0 heterocycles. The Kier molecular flexibility index (Phi) is 4.53. The number of rotatable bonds is 4. The highest BCUT2D eigenvalue weighted by molar-refractivity contribution is 6.03. The summed E-state index contributed by atoms with van der Waals surface area (Å²) < 4.78 is 5.07. The number of benzene rings is 1. The van der Waals surface area contributed by atoms with Crippen LogP contribution in [0.5, 0.6) is 5.75 Å². The maximum Gasteiger partial charge on any atom is 0.250 e. The smallest absolute Gasteiger partial charge is 0.250 e. The van der Waals surface area contributed by atoms with Crippen LogP contribution < -0.4 is 15.8 Å². The predicted molar refractivity (Wildman–Crippen MR) is 74.2 cm³/mol. The number of hydrogen-bond donors (Lipinski definition) is 2. The third-order valence-corrected chi connectivity index (χ3v) is 2.46. The average molecular weight is 264 g/mol. The Morgan fingerprint density at radius 1 is 1.32 bits per heavy atom. The molecular weight excluding hydrogens is 244 g/mol. The summed E-state index contributed by atoms with van der Waals surface area (Å²) in [6.07, 6.45) is 0.350. The van der Waals surface area contributed by atoms with Crippen LogP contribution in [0.25, 0.3) is 0 Å². The molecule has 0 radical (unpaired) electrons. The lowest BCUT2D eigenvalue weighted by atomic mass is 9.92. The molecule has 5 nitrogen and oxygen atoms in total. The molecule has 1 aromatic rings. The van der Waals surface area contributed by atoms with Crippen molar-refractivity contribution in [2.75, 3.05) is 12.4 Å². The van der Waals surface area contributed by atoms with Gasteiger partial charge in [0.2, 0.25) is 5.91 Å². The van der Waals surface area contributed by atoms with Crippen molar-refractivity contribution in [2.24, 2.45) is 11.1 Å². The van der Waals surface area contributed by atoms with Gasteiger partial charge in [0.1, 0.15) is 5.75 Å². The van der Waals surface area contributed by atoms with E-state index < -0.39 is 5.91 Å². The van der Waals surface area contributed by atoms with Crippen molar-refractivity contribution in [1.82, 2.24) is 0 Å². The summed E-state index contributed by atoms with van der Waals surface area (Å²) in [7, 11) is 1.51. The Bertz CT molecular complexity index is 490. The van der Waals surface area contributed by atoms with Crippen molar-refractivity contribution in [3.05, 3.63) is 23.8 Å². The molecule has 0 fully saturated rings. The molecule has 0 saturated heterocycles.